The monoisotopic (exact) mass is 276 g/mol. The van der Waals surface area contributed by atoms with E-state index in [-0.39, 0.29) is 11.4 Å². The summed E-state index contributed by atoms with van der Waals surface area (Å²) in [5, 5.41) is 3.19. The standard InChI is InChI=1S/C15H24N4O/c1-11-6-9-19(10-7-11)13(20)12-5-8-16-14(17-12)18-15(2,3)4/h5,8,11H,6-7,9-10H2,1-4H3,(H,16,17,18). The highest BCUT2D eigenvalue weighted by Gasteiger charge is 2.23. The van der Waals surface area contributed by atoms with E-state index in [1.807, 2.05) is 25.7 Å². The van der Waals surface area contributed by atoms with E-state index in [0.717, 1.165) is 25.9 Å². The molecule has 110 valence electrons. The minimum absolute atomic E-state index is 0.0104. The summed E-state index contributed by atoms with van der Waals surface area (Å²) in [6, 6.07) is 1.69. The quantitative estimate of drug-likeness (QED) is 0.902. The Balaban J connectivity index is 2.08. The molecular formula is C15H24N4O. The highest BCUT2D eigenvalue weighted by Crippen LogP contribution is 2.18. The molecular weight excluding hydrogens is 252 g/mol. The number of hydrogen-bond acceptors (Lipinski definition) is 4. The fourth-order valence-electron chi connectivity index (χ4n) is 2.25. The number of anilines is 1. The maximum Gasteiger partial charge on any atom is 0.272 e. The summed E-state index contributed by atoms with van der Waals surface area (Å²) in [5.74, 6) is 1.23. The van der Waals surface area contributed by atoms with Gasteiger partial charge in [0.2, 0.25) is 5.95 Å². The van der Waals surface area contributed by atoms with Crippen molar-refractivity contribution in [1.82, 2.24) is 14.9 Å². The smallest absolute Gasteiger partial charge is 0.272 e. The molecule has 0 bridgehead atoms. The van der Waals surface area contributed by atoms with E-state index in [0.29, 0.717) is 17.6 Å². The van der Waals surface area contributed by atoms with Gasteiger partial charge in [-0.25, -0.2) is 9.97 Å². The number of piperidine rings is 1. The molecule has 2 rings (SSSR count). The van der Waals surface area contributed by atoms with Gasteiger partial charge in [-0.2, -0.15) is 0 Å². The number of hydrogen-bond donors (Lipinski definition) is 1. The van der Waals surface area contributed by atoms with E-state index in [1.54, 1.807) is 12.3 Å². The number of carbonyl (C=O) groups excluding carboxylic acids is 1. The predicted molar refractivity (Wildman–Crippen MR) is 79.7 cm³/mol. The van der Waals surface area contributed by atoms with Crippen molar-refractivity contribution in [1.29, 1.82) is 0 Å². The van der Waals surface area contributed by atoms with Gasteiger partial charge in [0.05, 0.1) is 0 Å². The van der Waals surface area contributed by atoms with Gasteiger partial charge in [0.1, 0.15) is 5.69 Å². The van der Waals surface area contributed by atoms with E-state index in [9.17, 15) is 4.79 Å². The second kappa shape index (κ2) is 5.77. The van der Waals surface area contributed by atoms with Crippen LogP contribution in [0.25, 0.3) is 0 Å². The van der Waals surface area contributed by atoms with Crippen molar-refractivity contribution in [3.05, 3.63) is 18.0 Å². The van der Waals surface area contributed by atoms with E-state index >= 15 is 0 Å². The Morgan fingerprint density at radius 2 is 2.00 bits per heavy atom. The first kappa shape index (κ1) is 14.8. The zero-order valence-electron chi connectivity index (χ0n) is 12.8. The maximum atomic E-state index is 12.4. The summed E-state index contributed by atoms with van der Waals surface area (Å²) < 4.78 is 0. The molecule has 1 N–H and O–H groups in total. The lowest BCUT2D eigenvalue weighted by atomic mass is 9.99. The van der Waals surface area contributed by atoms with Crippen LogP contribution in [0.3, 0.4) is 0 Å². The fourth-order valence-corrected chi connectivity index (χ4v) is 2.25. The minimum Gasteiger partial charge on any atom is -0.350 e. The molecule has 0 atom stereocenters. The number of nitrogens with one attached hydrogen (secondary N) is 1. The summed E-state index contributed by atoms with van der Waals surface area (Å²) in [6.45, 7) is 10.0. The summed E-state index contributed by atoms with van der Waals surface area (Å²) >= 11 is 0. The number of aromatic nitrogens is 2. The van der Waals surface area contributed by atoms with Crippen molar-refractivity contribution in [2.75, 3.05) is 18.4 Å². The Morgan fingerprint density at radius 3 is 2.60 bits per heavy atom. The van der Waals surface area contributed by atoms with Crippen molar-refractivity contribution in [3.8, 4) is 0 Å². The number of nitrogens with zero attached hydrogens (tertiary/aromatic N) is 3. The van der Waals surface area contributed by atoms with Gasteiger partial charge in [-0.1, -0.05) is 6.92 Å². The molecule has 1 aromatic rings. The first-order chi connectivity index (χ1) is 9.35. The van der Waals surface area contributed by atoms with Crippen LogP contribution in [0.15, 0.2) is 12.3 Å². The Labute approximate surface area is 120 Å². The third-order valence-corrected chi connectivity index (χ3v) is 3.43. The molecule has 0 aromatic carbocycles. The van der Waals surface area contributed by atoms with Crippen LogP contribution in [-0.2, 0) is 0 Å². The molecule has 5 heteroatoms. The Morgan fingerprint density at radius 1 is 1.35 bits per heavy atom. The number of carbonyl (C=O) groups is 1. The molecule has 1 aromatic heterocycles. The van der Waals surface area contributed by atoms with E-state index in [2.05, 4.69) is 22.2 Å². The van der Waals surface area contributed by atoms with Gasteiger partial charge >= 0.3 is 0 Å². The minimum atomic E-state index is -0.123. The normalized spacial score (nSPS) is 17.1. The van der Waals surface area contributed by atoms with Gasteiger partial charge in [0, 0.05) is 24.8 Å². The molecule has 1 amide bonds. The van der Waals surface area contributed by atoms with E-state index < -0.39 is 0 Å². The highest BCUT2D eigenvalue weighted by atomic mass is 16.2. The molecule has 2 heterocycles. The van der Waals surface area contributed by atoms with Gasteiger partial charge < -0.3 is 10.2 Å². The van der Waals surface area contributed by atoms with Crippen LogP contribution in [0.4, 0.5) is 5.95 Å². The summed E-state index contributed by atoms with van der Waals surface area (Å²) in [4.78, 5) is 22.8. The molecule has 20 heavy (non-hydrogen) atoms. The predicted octanol–water partition coefficient (Wildman–Crippen LogP) is 2.56. The van der Waals surface area contributed by atoms with Crippen LogP contribution in [0.2, 0.25) is 0 Å². The van der Waals surface area contributed by atoms with Crippen molar-refractivity contribution in [3.63, 3.8) is 0 Å². The zero-order valence-corrected chi connectivity index (χ0v) is 12.8. The molecule has 1 saturated heterocycles. The SMILES string of the molecule is CC1CCN(C(=O)c2ccnc(NC(C)(C)C)n2)CC1. The highest BCUT2D eigenvalue weighted by molar-refractivity contribution is 5.92. The molecule has 0 radical (unpaired) electrons. The van der Waals surface area contributed by atoms with Crippen LogP contribution in [0.1, 0.15) is 51.0 Å². The molecule has 1 aliphatic heterocycles. The largest absolute Gasteiger partial charge is 0.350 e. The molecule has 0 spiro atoms. The van der Waals surface area contributed by atoms with Crippen LogP contribution < -0.4 is 5.32 Å². The molecule has 0 aliphatic carbocycles. The summed E-state index contributed by atoms with van der Waals surface area (Å²) in [5.41, 5.74) is 0.351. The molecule has 1 aliphatic rings. The van der Waals surface area contributed by atoms with Crippen molar-refractivity contribution >= 4 is 11.9 Å². The fraction of sp³-hybridized carbons (Fsp3) is 0.667. The Hall–Kier alpha value is -1.65. The molecule has 0 saturated carbocycles. The molecule has 0 unspecified atom stereocenters. The lowest BCUT2D eigenvalue weighted by molar-refractivity contribution is 0.0691. The first-order valence-electron chi connectivity index (χ1n) is 7.26. The van der Waals surface area contributed by atoms with Crippen molar-refractivity contribution in [2.45, 2.75) is 46.1 Å². The van der Waals surface area contributed by atoms with E-state index in [1.165, 1.54) is 0 Å². The third-order valence-electron chi connectivity index (χ3n) is 3.43. The second-order valence-corrected chi connectivity index (χ2v) is 6.62. The van der Waals surface area contributed by atoms with Gasteiger partial charge in [-0.3, -0.25) is 4.79 Å². The summed E-state index contributed by atoms with van der Waals surface area (Å²) in [6.07, 6.45) is 3.79. The average molecular weight is 276 g/mol. The van der Waals surface area contributed by atoms with Crippen LogP contribution in [0.5, 0.6) is 0 Å². The zero-order chi connectivity index (χ0) is 14.8. The van der Waals surface area contributed by atoms with Crippen molar-refractivity contribution < 1.29 is 4.79 Å². The molecule has 5 nitrogen and oxygen atoms in total. The second-order valence-electron chi connectivity index (χ2n) is 6.62. The average Bonchev–Trinajstić information content (AvgIpc) is 2.37. The summed E-state index contributed by atoms with van der Waals surface area (Å²) in [7, 11) is 0. The maximum absolute atomic E-state index is 12.4. The van der Waals surface area contributed by atoms with Gasteiger partial charge in [0.15, 0.2) is 0 Å². The van der Waals surface area contributed by atoms with Crippen LogP contribution in [0, 0.1) is 5.92 Å². The van der Waals surface area contributed by atoms with Crippen LogP contribution in [-0.4, -0.2) is 39.4 Å². The van der Waals surface area contributed by atoms with Gasteiger partial charge in [-0.05, 0) is 45.6 Å². The van der Waals surface area contributed by atoms with Gasteiger partial charge in [-0.15, -0.1) is 0 Å². The lowest BCUT2D eigenvalue weighted by Gasteiger charge is -2.30. The van der Waals surface area contributed by atoms with E-state index in [4.69, 9.17) is 0 Å². The third kappa shape index (κ3) is 3.92. The first-order valence-corrected chi connectivity index (χ1v) is 7.26. The Kier molecular flexibility index (Phi) is 4.26. The number of amides is 1. The van der Waals surface area contributed by atoms with Gasteiger partial charge in [0.25, 0.3) is 5.91 Å². The molecule has 1 fully saturated rings. The topological polar surface area (TPSA) is 58.1 Å². The van der Waals surface area contributed by atoms with Crippen LogP contribution >= 0.6 is 0 Å². The number of likely N-dealkylation sites (tertiary alicyclic amines) is 1. The Bertz CT molecular complexity index is 473. The lowest BCUT2D eigenvalue weighted by Crippen LogP contribution is -2.38. The number of rotatable bonds is 2. The van der Waals surface area contributed by atoms with Crippen molar-refractivity contribution in [2.24, 2.45) is 5.92 Å².